The Kier molecular flexibility index (Phi) is 5.48. The summed E-state index contributed by atoms with van der Waals surface area (Å²) in [7, 11) is 0. The summed E-state index contributed by atoms with van der Waals surface area (Å²) < 4.78 is 1.39. The maximum Gasteiger partial charge on any atom is 0.274 e. The van der Waals surface area contributed by atoms with Gasteiger partial charge in [0.25, 0.3) is 11.5 Å². The number of amides is 1. The lowest BCUT2D eigenvalue weighted by Gasteiger charge is -2.23. The van der Waals surface area contributed by atoms with Gasteiger partial charge < -0.3 is 10.6 Å². The largest absolute Gasteiger partial charge is 0.350 e. The lowest BCUT2D eigenvalue weighted by atomic mass is 9.91. The van der Waals surface area contributed by atoms with Crippen LogP contribution in [0.3, 0.4) is 0 Å². The van der Waals surface area contributed by atoms with E-state index in [1.54, 1.807) is 12.3 Å². The van der Waals surface area contributed by atoms with Crippen molar-refractivity contribution in [3.8, 4) is 0 Å². The molecule has 1 unspecified atom stereocenters. The fraction of sp³-hybridized carbons (Fsp3) is 0.318. The normalized spacial score (nSPS) is 16.8. The third kappa shape index (κ3) is 3.97. The topological polar surface area (TPSA) is 76.0 Å². The Hall–Kier alpha value is -2.99. The first-order chi connectivity index (χ1) is 13.7. The van der Waals surface area contributed by atoms with Crippen molar-refractivity contribution >= 4 is 16.7 Å². The summed E-state index contributed by atoms with van der Waals surface area (Å²) in [6, 6.07) is 15.2. The van der Waals surface area contributed by atoms with E-state index in [9.17, 15) is 9.59 Å². The van der Waals surface area contributed by atoms with Gasteiger partial charge in [0, 0.05) is 24.0 Å². The van der Waals surface area contributed by atoms with Crippen molar-refractivity contribution in [2.45, 2.75) is 25.3 Å². The molecular formula is C22H24N4O2. The van der Waals surface area contributed by atoms with Crippen LogP contribution in [0.5, 0.6) is 0 Å². The molecule has 0 saturated carbocycles. The molecule has 6 heteroatoms. The van der Waals surface area contributed by atoms with E-state index in [2.05, 4.69) is 15.7 Å². The van der Waals surface area contributed by atoms with Crippen LogP contribution in [0.1, 0.15) is 34.7 Å². The van der Waals surface area contributed by atoms with E-state index >= 15 is 0 Å². The van der Waals surface area contributed by atoms with Gasteiger partial charge >= 0.3 is 0 Å². The Morgan fingerprint density at radius 2 is 2.00 bits per heavy atom. The number of nitrogens with zero attached hydrogens (tertiary/aromatic N) is 2. The number of piperidine rings is 1. The summed E-state index contributed by atoms with van der Waals surface area (Å²) in [6.45, 7) is 2.77. The highest BCUT2D eigenvalue weighted by atomic mass is 16.2. The Morgan fingerprint density at radius 1 is 1.18 bits per heavy atom. The number of benzene rings is 2. The predicted molar refractivity (Wildman–Crippen MR) is 110 cm³/mol. The molecule has 3 aromatic rings. The molecule has 1 aliphatic heterocycles. The van der Waals surface area contributed by atoms with E-state index in [0.29, 0.717) is 30.0 Å². The zero-order valence-corrected chi connectivity index (χ0v) is 15.7. The number of carbonyl (C=O) groups excluding carboxylic acids is 1. The van der Waals surface area contributed by atoms with Crippen molar-refractivity contribution in [2.75, 3.05) is 19.6 Å². The number of rotatable bonds is 5. The summed E-state index contributed by atoms with van der Waals surface area (Å²) >= 11 is 0. The number of carbonyl (C=O) groups is 1. The first-order valence-corrected chi connectivity index (χ1v) is 9.76. The lowest BCUT2D eigenvalue weighted by Crippen LogP contribution is -2.32. The lowest BCUT2D eigenvalue weighted by molar-refractivity contribution is 0.0951. The van der Waals surface area contributed by atoms with E-state index in [0.717, 1.165) is 18.5 Å². The van der Waals surface area contributed by atoms with Gasteiger partial charge in [0.05, 0.1) is 18.1 Å². The van der Waals surface area contributed by atoms with Crippen molar-refractivity contribution in [2.24, 2.45) is 0 Å². The van der Waals surface area contributed by atoms with Crippen LogP contribution in [0.25, 0.3) is 10.8 Å². The number of fused-ring (bicyclic) bond motifs is 1. The van der Waals surface area contributed by atoms with Crippen molar-refractivity contribution in [1.82, 2.24) is 20.4 Å². The highest BCUT2D eigenvalue weighted by Crippen LogP contribution is 2.23. The highest BCUT2D eigenvalue weighted by Gasteiger charge is 2.15. The summed E-state index contributed by atoms with van der Waals surface area (Å²) in [5.41, 5.74) is 1.76. The molecule has 2 heterocycles. The maximum atomic E-state index is 12.4. The minimum Gasteiger partial charge on any atom is -0.350 e. The SMILES string of the molecule is O=C(NCCn1ncc2ccccc2c1=O)c1ccc(C2CCCNC2)cc1. The Bertz CT molecular complexity index is 1020. The van der Waals surface area contributed by atoms with Crippen LogP contribution < -0.4 is 16.2 Å². The second-order valence-corrected chi connectivity index (χ2v) is 7.18. The third-order valence-corrected chi connectivity index (χ3v) is 5.31. The molecule has 1 aliphatic rings. The molecule has 1 saturated heterocycles. The fourth-order valence-electron chi connectivity index (χ4n) is 3.71. The molecule has 1 fully saturated rings. The Labute approximate surface area is 163 Å². The van der Waals surface area contributed by atoms with Gasteiger partial charge in [-0.05, 0) is 49.1 Å². The molecule has 0 aliphatic carbocycles. The van der Waals surface area contributed by atoms with Crippen LogP contribution in [0.2, 0.25) is 0 Å². The standard InChI is InChI=1S/C22H24N4O2/c27-21(17-9-7-16(8-10-17)18-5-3-11-23-14-18)24-12-13-26-22(28)20-6-2-1-4-19(20)15-25-26/h1-2,4,6-10,15,18,23H,3,5,11-14H2,(H,24,27). The molecule has 28 heavy (non-hydrogen) atoms. The number of nitrogens with one attached hydrogen (secondary N) is 2. The second-order valence-electron chi connectivity index (χ2n) is 7.18. The number of hydrogen-bond acceptors (Lipinski definition) is 4. The van der Waals surface area contributed by atoms with Gasteiger partial charge in [-0.3, -0.25) is 9.59 Å². The Balaban J connectivity index is 1.35. The quantitative estimate of drug-likeness (QED) is 0.716. The van der Waals surface area contributed by atoms with Crippen LogP contribution >= 0.6 is 0 Å². The van der Waals surface area contributed by atoms with Gasteiger partial charge in [0.1, 0.15) is 0 Å². The highest BCUT2D eigenvalue weighted by molar-refractivity contribution is 5.94. The van der Waals surface area contributed by atoms with Crippen LogP contribution in [0, 0.1) is 0 Å². The van der Waals surface area contributed by atoms with Gasteiger partial charge in [-0.2, -0.15) is 5.10 Å². The average Bonchev–Trinajstić information content (AvgIpc) is 2.76. The number of hydrogen-bond donors (Lipinski definition) is 2. The molecule has 0 bridgehead atoms. The molecule has 0 radical (unpaired) electrons. The molecule has 1 atom stereocenters. The fourth-order valence-corrected chi connectivity index (χ4v) is 3.71. The van der Waals surface area contributed by atoms with Gasteiger partial charge in [0.15, 0.2) is 0 Å². The molecule has 6 nitrogen and oxygen atoms in total. The predicted octanol–water partition coefficient (Wildman–Crippen LogP) is 2.29. The zero-order chi connectivity index (χ0) is 19.3. The van der Waals surface area contributed by atoms with Crippen LogP contribution in [0.4, 0.5) is 0 Å². The molecule has 1 aromatic heterocycles. The van der Waals surface area contributed by atoms with Gasteiger partial charge in [0.2, 0.25) is 0 Å². The minimum absolute atomic E-state index is 0.137. The monoisotopic (exact) mass is 376 g/mol. The summed E-state index contributed by atoms with van der Waals surface area (Å²) in [5, 5.41) is 11.9. The van der Waals surface area contributed by atoms with Gasteiger partial charge in [-0.15, -0.1) is 0 Å². The van der Waals surface area contributed by atoms with Crippen molar-refractivity contribution in [3.05, 3.63) is 76.2 Å². The molecule has 2 aromatic carbocycles. The summed E-state index contributed by atoms with van der Waals surface area (Å²) in [5.74, 6) is 0.388. The third-order valence-electron chi connectivity index (χ3n) is 5.31. The van der Waals surface area contributed by atoms with Gasteiger partial charge in [-0.25, -0.2) is 4.68 Å². The molecule has 2 N–H and O–H groups in total. The molecule has 144 valence electrons. The van der Waals surface area contributed by atoms with E-state index in [1.807, 2.05) is 42.5 Å². The van der Waals surface area contributed by atoms with E-state index in [1.165, 1.54) is 23.1 Å². The van der Waals surface area contributed by atoms with Crippen molar-refractivity contribution < 1.29 is 4.79 Å². The molecule has 4 rings (SSSR count). The Morgan fingerprint density at radius 3 is 2.79 bits per heavy atom. The van der Waals surface area contributed by atoms with E-state index in [-0.39, 0.29) is 11.5 Å². The van der Waals surface area contributed by atoms with Crippen LogP contribution in [-0.4, -0.2) is 35.3 Å². The smallest absolute Gasteiger partial charge is 0.274 e. The summed E-state index contributed by atoms with van der Waals surface area (Å²) in [4.78, 5) is 24.8. The molecule has 0 spiro atoms. The zero-order valence-electron chi connectivity index (χ0n) is 15.7. The van der Waals surface area contributed by atoms with E-state index < -0.39 is 0 Å². The maximum absolute atomic E-state index is 12.4. The van der Waals surface area contributed by atoms with Crippen molar-refractivity contribution in [1.29, 1.82) is 0 Å². The van der Waals surface area contributed by atoms with E-state index in [4.69, 9.17) is 0 Å². The average molecular weight is 376 g/mol. The van der Waals surface area contributed by atoms with Crippen LogP contribution in [0.15, 0.2) is 59.5 Å². The van der Waals surface area contributed by atoms with Crippen LogP contribution in [-0.2, 0) is 6.54 Å². The first kappa shape index (κ1) is 18.4. The minimum atomic E-state index is -0.141. The van der Waals surface area contributed by atoms with Crippen molar-refractivity contribution in [3.63, 3.8) is 0 Å². The second kappa shape index (κ2) is 8.35. The summed E-state index contributed by atoms with van der Waals surface area (Å²) in [6.07, 6.45) is 4.05. The number of aromatic nitrogens is 2. The first-order valence-electron chi connectivity index (χ1n) is 9.76. The molecule has 1 amide bonds. The van der Waals surface area contributed by atoms with Gasteiger partial charge in [-0.1, -0.05) is 30.3 Å². The molecular weight excluding hydrogens is 352 g/mol.